The quantitative estimate of drug-likeness (QED) is 0.793. The van der Waals surface area contributed by atoms with Gasteiger partial charge in [-0.15, -0.1) is 0 Å². The molecule has 1 N–H and O–H groups in total. The first-order valence-electron chi connectivity index (χ1n) is 7.01. The molecule has 0 bridgehead atoms. The monoisotopic (exact) mass is 307 g/mol. The zero-order valence-corrected chi connectivity index (χ0v) is 13.0. The van der Waals surface area contributed by atoms with Crippen LogP contribution in [0.15, 0.2) is 36.4 Å². The van der Waals surface area contributed by atoms with E-state index in [9.17, 15) is 4.39 Å². The van der Waals surface area contributed by atoms with Crippen LogP contribution < -0.4 is 10.1 Å². The molecule has 0 amide bonds. The summed E-state index contributed by atoms with van der Waals surface area (Å²) in [7, 11) is 0. The van der Waals surface area contributed by atoms with Crippen LogP contribution in [-0.2, 0) is 6.54 Å². The van der Waals surface area contributed by atoms with Crippen LogP contribution in [0.5, 0.6) is 5.75 Å². The van der Waals surface area contributed by atoms with E-state index in [0.29, 0.717) is 29.5 Å². The van der Waals surface area contributed by atoms with Gasteiger partial charge in [0.2, 0.25) is 0 Å². The third kappa shape index (κ3) is 4.36. The molecule has 0 spiro atoms. The molecule has 0 saturated heterocycles. The number of aryl methyl sites for hydroxylation is 1. The van der Waals surface area contributed by atoms with Crippen molar-refractivity contribution in [1.82, 2.24) is 0 Å². The van der Waals surface area contributed by atoms with Crippen molar-refractivity contribution in [3.8, 4) is 5.75 Å². The van der Waals surface area contributed by atoms with Gasteiger partial charge in [0.1, 0.15) is 11.6 Å². The first-order valence-corrected chi connectivity index (χ1v) is 7.39. The van der Waals surface area contributed by atoms with Gasteiger partial charge < -0.3 is 10.1 Å². The Kier molecular flexibility index (Phi) is 5.45. The number of hydrogen-bond donors (Lipinski definition) is 1. The van der Waals surface area contributed by atoms with E-state index in [1.54, 1.807) is 13.0 Å². The van der Waals surface area contributed by atoms with Gasteiger partial charge in [-0.1, -0.05) is 30.7 Å². The van der Waals surface area contributed by atoms with Crippen LogP contribution >= 0.6 is 11.6 Å². The van der Waals surface area contributed by atoms with Crippen molar-refractivity contribution in [3.63, 3.8) is 0 Å². The molecule has 0 atom stereocenters. The molecule has 4 heteroatoms. The maximum Gasteiger partial charge on any atom is 0.138 e. The molecule has 0 aliphatic rings. The number of nitrogens with one attached hydrogen (secondary N) is 1. The van der Waals surface area contributed by atoms with Crippen molar-refractivity contribution >= 4 is 17.3 Å². The second kappa shape index (κ2) is 7.32. The largest absolute Gasteiger partial charge is 0.492 e. The van der Waals surface area contributed by atoms with Crippen molar-refractivity contribution in [3.05, 3.63) is 58.4 Å². The van der Waals surface area contributed by atoms with E-state index in [2.05, 4.69) is 12.2 Å². The highest BCUT2D eigenvalue weighted by atomic mass is 35.5. The maximum atomic E-state index is 13.2. The number of hydrogen-bond acceptors (Lipinski definition) is 2. The van der Waals surface area contributed by atoms with Gasteiger partial charge in [0.05, 0.1) is 11.6 Å². The van der Waals surface area contributed by atoms with Gasteiger partial charge in [-0.3, -0.25) is 0 Å². The number of anilines is 1. The number of benzene rings is 2. The van der Waals surface area contributed by atoms with E-state index in [4.69, 9.17) is 16.3 Å². The standard InChI is InChI=1S/C17H19ClFNO/c1-3-8-21-17-7-5-14(10-15(17)18)20-11-13-4-6-16(19)12(2)9-13/h4-7,9-10,20H,3,8,11H2,1-2H3. The van der Waals surface area contributed by atoms with Crippen molar-refractivity contribution in [2.45, 2.75) is 26.8 Å². The molecule has 0 unspecified atom stereocenters. The summed E-state index contributed by atoms with van der Waals surface area (Å²) < 4.78 is 18.7. The summed E-state index contributed by atoms with van der Waals surface area (Å²) in [4.78, 5) is 0. The van der Waals surface area contributed by atoms with Crippen molar-refractivity contribution in [2.24, 2.45) is 0 Å². The van der Waals surface area contributed by atoms with E-state index in [-0.39, 0.29) is 5.82 Å². The Labute approximate surface area is 129 Å². The van der Waals surface area contributed by atoms with E-state index in [1.807, 2.05) is 24.3 Å². The molecular weight excluding hydrogens is 289 g/mol. The molecule has 0 radical (unpaired) electrons. The zero-order valence-electron chi connectivity index (χ0n) is 12.2. The van der Waals surface area contributed by atoms with Gasteiger partial charge in [-0.2, -0.15) is 0 Å². The minimum Gasteiger partial charge on any atom is -0.492 e. The molecule has 0 fully saturated rings. The van der Waals surface area contributed by atoms with Crippen molar-refractivity contribution < 1.29 is 9.13 Å². The van der Waals surface area contributed by atoms with Crippen LogP contribution in [0.25, 0.3) is 0 Å². The Morgan fingerprint density at radius 1 is 1.19 bits per heavy atom. The number of ether oxygens (including phenoxy) is 1. The SMILES string of the molecule is CCCOc1ccc(NCc2ccc(F)c(C)c2)cc1Cl. The molecule has 0 aliphatic heterocycles. The van der Waals surface area contributed by atoms with Crippen LogP contribution in [-0.4, -0.2) is 6.61 Å². The second-order valence-electron chi connectivity index (χ2n) is 4.93. The zero-order chi connectivity index (χ0) is 15.2. The molecule has 2 aromatic carbocycles. The Morgan fingerprint density at radius 3 is 2.67 bits per heavy atom. The Morgan fingerprint density at radius 2 is 2.00 bits per heavy atom. The summed E-state index contributed by atoms with van der Waals surface area (Å²) in [6, 6.07) is 10.7. The average molecular weight is 308 g/mol. The van der Waals surface area contributed by atoms with Gasteiger partial charge >= 0.3 is 0 Å². The molecule has 112 valence electrons. The Bertz CT molecular complexity index is 616. The minimum absolute atomic E-state index is 0.181. The van der Waals surface area contributed by atoms with Gasteiger partial charge in [0.15, 0.2) is 0 Å². The van der Waals surface area contributed by atoms with Crippen LogP contribution in [0, 0.1) is 12.7 Å². The Balaban J connectivity index is 1.99. The van der Waals surface area contributed by atoms with E-state index >= 15 is 0 Å². The van der Waals surface area contributed by atoms with Crippen molar-refractivity contribution in [1.29, 1.82) is 0 Å². The molecule has 0 saturated carbocycles. The highest BCUT2D eigenvalue weighted by Gasteiger charge is 2.04. The third-order valence-electron chi connectivity index (χ3n) is 3.11. The van der Waals surface area contributed by atoms with Gasteiger partial charge in [0.25, 0.3) is 0 Å². The molecule has 0 heterocycles. The van der Waals surface area contributed by atoms with Gasteiger partial charge in [0, 0.05) is 12.2 Å². The number of rotatable bonds is 6. The van der Waals surface area contributed by atoms with E-state index < -0.39 is 0 Å². The molecular formula is C17H19ClFNO. The lowest BCUT2D eigenvalue weighted by atomic mass is 10.1. The summed E-state index contributed by atoms with van der Waals surface area (Å²) >= 11 is 6.18. The predicted octanol–water partition coefficient (Wildman–Crippen LogP) is 5.19. The van der Waals surface area contributed by atoms with Gasteiger partial charge in [-0.05, 0) is 48.7 Å². The molecule has 21 heavy (non-hydrogen) atoms. The average Bonchev–Trinajstić information content (AvgIpc) is 2.47. The van der Waals surface area contributed by atoms with Crippen LogP contribution in [0.4, 0.5) is 10.1 Å². The maximum absolute atomic E-state index is 13.2. The molecule has 2 aromatic rings. The lowest BCUT2D eigenvalue weighted by Crippen LogP contribution is -2.01. The van der Waals surface area contributed by atoms with Crippen LogP contribution in [0.3, 0.4) is 0 Å². The van der Waals surface area contributed by atoms with Crippen LogP contribution in [0.2, 0.25) is 5.02 Å². The fraction of sp³-hybridized carbons (Fsp3) is 0.294. The van der Waals surface area contributed by atoms with E-state index in [1.165, 1.54) is 6.07 Å². The summed E-state index contributed by atoms with van der Waals surface area (Å²) in [5, 5.41) is 3.86. The summed E-state index contributed by atoms with van der Waals surface area (Å²) in [6.07, 6.45) is 0.945. The fourth-order valence-electron chi connectivity index (χ4n) is 1.96. The topological polar surface area (TPSA) is 21.3 Å². The summed E-state index contributed by atoms with van der Waals surface area (Å²) in [6.45, 7) is 5.08. The van der Waals surface area contributed by atoms with Crippen molar-refractivity contribution in [2.75, 3.05) is 11.9 Å². The summed E-state index contributed by atoms with van der Waals surface area (Å²) in [5.74, 6) is 0.515. The Hall–Kier alpha value is -1.74. The normalized spacial score (nSPS) is 10.5. The number of halogens is 2. The molecule has 2 rings (SSSR count). The first-order chi connectivity index (χ1) is 10.1. The summed E-state index contributed by atoms with van der Waals surface area (Å²) in [5.41, 5.74) is 2.58. The smallest absolute Gasteiger partial charge is 0.138 e. The lowest BCUT2D eigenvalue weighted by Gasteiger charge is -2.11. The van der Waals surface area contributed by atoms with E-state index in [0.717, 1.165) is 17.7 Å². The van der Waals surface area contributed by atoms with Gasteiger partial charge in [-0.25, -0.2) is 4.39 Å². The predicted molar refractivity (Wildman–Crippen MR) is 85.7 cm³/mol. The molecule has 2 nitrogen and oxygen atoms in total. The highest BCUT2D eigenvalue weighted by Crippen LogP contribution is 2.28. The first kappa shape index (κ1) is 15.6. The third-order valence-corrected chi connectivity index (χ3v) is 3.41. The van der Waals surface area contributed by atoms with Crippen LogP contribution in [0.1, 0.15) is 24.5 Å². The lowest BCUT2D eigenvalue weighted by molar-refractivity contribution is 0.317. The minimum atomic E-state index is -0.181. The fourth-order valence-corrected chi connectivity index (χ4v) is 2.20. The second-order valence-corrected chi connectivity index (χ2v) is 5.34. The molecule has 0 aliphatic carbocycles. The highest BCUT2D eigenvalue weighted by molar-refractivity contribution is 6.32. The molecule has 0 aromatic heterocycles.